The van der Waals surface area contributed by atoms with Crippen molar-refractivity contribution in [3.05, 3.63) is 107 Å². The molecule has 1 amide bonds. The molecular formula is C26H25N5OS. The van der Waals surface area contributed by atoms with Crippen LogP contribution >= 0.6 is 11.3 Å². The second kappa shape index (κ2) is 9.94. The number of amides is 1. The van der Waals surface area contributed by atoms with Crippen LogP contribution in [0.15, 0.2) is 90.6 Å². The molecule has 2 aromatic carbocycles. The molecule has 2 aromatic heterocycles. The summed E-state index contributed by atoms with van der Waals surface area (Å²) in [5, 5.41) is 5.72. The van der Waals surface area contributed by atoms with Gasteiger partial charge in [0.05, 0.1) is 17.9 Å². The lowest BCUT2D eigenvalue weighted by molar-refractivity contribution is 0.0592. The van der Waals surface area contributed by atoms with Crippen molar-refractivity contribution < 1.29 is 4.79 Å². The van der Waals surface area contributed by atoms with E-state index < -0.39 is 0 Å². The average Bonchev–Trinajstić information content (AvgIpc) is 3.35. The van der Waals surface area contributed by atoms with Gasteiger partial charge < -0.3 is 10.2 Å². The normalized spacial score (nSPS) is 14.4. The minimum Gasteiger partial charge on any atom is -0.335 e. The summed E-state index contributed by atoms with van der Waals surface area (Å²) in [7, 11) is 0. The number of nitrogens with one attached hydrogen (secondary N) is 1. The van der Waals surface area contributed by atoms with E-state index in [1.807, 2.05) is 34.5 Å². The lowest BCUT2D eigenvalue weighted by Gasteiger charge is -2.39. The van der Waals surface area contributed by atoms with Crippen molar-refractivity contribution in [2.75, 3.05) is 31.5 Å². The summed E-state index contributed by atoms with van der Waals surface area (Å²) in [6, 6.07) is 25.1. The third-order valence-corrected chi connectivity index (χ3v) is 6.59. The van der Waals surface area contributed by atoms with Crippen LogP contribution in [-0.2, 0) is 0 Å². The Morgan fingerprint density at radius 3 is 2.15 bits per heavy atom. The van der Waals surface area contributed by atoms with E-state index in [1.165, 1.54) is 22.5 Å². The highest BCUT2D eigenvalue weighted by molar-refractivity contribution is 7.14. The number of pyridine rings is 1. The van der Waals surface area contributed by atoms with Gasteiger partial charge >= 0.3 is 0 Å². The Bertz CT molecular complexity index is 1140. The van der Waals surface area contributed by atoms with E-state index in [0.29, 0.717) is 23.9 Å². The van der Waals surface area contributed by atoms with Crippen LogP contribution in [0.3, 0.4) is 0 Å². The van der Waals surface area contributed by atoms with Crippen LogP contribution in [0.25, 0.3) is 0 Å². The maximum Gasteiger partial charge on any atom is 0.273 e. The molecule has 4 aromatic rings. The van der Waals surface area contributed by atoms with Crippen LogP contribution in [0, 0.1) is 0 Å². The number of hydrogen-bond acceptors (Lipinski definition) is 6. The Labute approximate surface area is 197 Å². The maximum absolute atomic E-state index is 13.1. The lowest BCUT2D eigenvalue weighted by atomic mass is 9.96. The molecule has 6 nitrogen and oxygen atoms in total. The van der Waals surface area contributed by atoms with Crippen LogP contribution in [0.2, 0.25) is 0 Å². The average molecular weight is 456 g/mol. The molecule has 33 heavy (non-hydrogen) atoms. The van der Waals surface area contributed by atoms with Gasteiger partial charge in [0.25, 0.3) is 5.91 Å². The number of thiazole rings is 1. The second-order valence-corrected chi connectivity index (χ2v) is 8.81. The lowest BCUT2D eigenvalue weighted by Crippen LogP contribution is -2.50. The van der Waals surface area contributed by atoms with Gasteiger partial charge in [0.1, 0.15) is 5.69 Å². The summed E-state index contributed by atoms with van der Waals surface area (Å²) in [6.45, 7) is 2.98. The van der Waals surface area contributed by atoms with E-state index in [-0.39, 0.29) is 11.9 Å². The first kappa shape index (κ1) is 21.3. The molecule has 0 atom stereocenters. The number of rotatable bonds is 6. The molecule has 0 radical (unpaired) electrons. The van der Waals surface area contributed by atoms with Gasteiger partial charge in [0.15, 0.2) is 5.13 Å². The summed E-state index contributed by atoms with van der Waals surface area (Å²) in [6.07, 6.45) is 3.46. The third-order valence-electron chi connectivity index (χ3n) is 5.83. The predicted octanol–water partition coefficient (Wildman–Crippen LogP) is 4.83. The number of aromatic nitrogens is 2. The van der Waals surface area contributed by atoms with Crippen LogP contribution in [0.5, 0.6) is 0 Å². The summed E-state index contributed by atoms with van der Waals surface area (Å²) in [4.78, 5) is 26.1. The molecule has 0 spiro atoms. The molecule has 5 rings (SSSR count). The summed E-state index contributed by atoms with van der Waals surface area (Å²) in [5.74, 6) is -0.0129. The van der Waals surface area contributed by atoms with E-state index in [4.69, 9.17) is 0 Å². The fourth-order valence-electron chi connectivity index (χ4n) is 4.22. The van der Waals surface area contributed by atoms with Crippen molar-refractivity contribution in [3.63, 3.8) is 0 Å². The van der Waals surface area contributed by atoms with Crippen molar-refractivity contribution in [2.24, 2.45) is 0 Å². The van der Waals surface area contributed by atoms with E-state index in [0.717, 1.165) is 18.8 Å². The number of piperazine rings is 1. The van der Waals surface area contributed by atoms with Gasteiger partial charge in [-0.3, -0.25) is 14.7 Å². The smallest absolute Gasteiger partial charge is 0.273 e. The molecule has 3 heterocycles. The Morgan fingerprint density at radius 1 is 0.879 bits per heavy atom. The van der Waals surface area contributed by atoms with Gasteiger partial charge in [-0.05, 0) is 23.3 Å². The van der Waals surface area contributed by atoms with E-state index in [1.54, 1.807) is 12.4 Å². The monoisotopic (exact) mass is 455 g/mol. The Hall–Kier alpha value is -3.55. The van der Waals surface area contributed by atoms with Gasteiger partial charge in [-0.25, -0.2) is 4.98 Å². The SMILES string of the molecule is O=C(c1csc(Nc2cccnc2)n1)N1CCN(C(c2ccccc2)c2ccccc2)CC1. The predicted molar refractivity (Wildman–Crippen MR) is 132 cm³/mol. The zero-order valence-corrected chi connectivity index (χ0v) is 19.0. The van der Waals surface area contributed by atoms with Crippen LogP contribution < -0.4 is 5.32 Å². The number of hydrogen-bond donors (Lipinski definition) is 1. The topological polar surface area (TPSA) is 61.4 Å². The molecule has 0 bridgehead atoms. The first-order chi connectivity index (χ1) is 16.3. The van der Waals surface area contributed by atoms with Gasteiger partial charge in [-0.15, -0.1) is 11.3 Å². The quantitative estimate of drug-likeness (QED) is 0.451. The summed E-state index contributed by atoms with van der Waals surface area (Å²) in [5.41, 5.74) is 3.89. The van der Waals surface area contributed by atoms with Crippen molar-refractivity contribution in [1.82, 2.24) is 19.8 Å². The number of benzene rings is 2. The summed E-state index contributed by atoms with van der Waals surface area (Å²) < 4.78 is 0. The van der Waals surface area contributed by atoms with E-state index >= 15 is 0 Å². The number of anilines is 2. The Balaban J connectivity index is 1.26. The van der Waals surface area contributed by atoms with Crippen molar-refractivity contribution >= 4 is 28.1 Å². The number of nitrogens with zero attached hydrogens (tertiary/aromatic N) is 4. The first-order valence-corrected chi connectivity index (χ1v) is 11.9. The molecule has 1 aliphatic rings. The molecule has 1 aliphatic heterocycles. The molecule has 1 saturated heterocycles. The highest BCUT2D eigenvalue weighted by atomic mass is 32.1. The maximum atomic E-state index is 13.1. The highest BCUT2D eigenvalue weighted by Gasteiger charge is 2.29. The molecule has 166 valence electrons. The van der Waals surface area contributed by atoms with Gasteiger partial charge in [-0.2, -0.15) is 0 Å². The van der Waals surface area contributed by atoms with Crippen LogP contribution in [-0.4, -0.2) is 51.9 Å². The summed E-state index contributed by atoms with van der Waals surface area (Å²) >= 11 is 1.43. The fraction of sp³-hybridized carbons (Fsp3) is 0.192. The minimum atomic E-state index is -0.0129. The number of carbonyl (C=O) groups is 1. The van der Waals surface area contributed by atoms with Gasteiger partial charge in [0.2, 0.25) is 0 Å². The van der Waals surface area contributed by atoms with Crippen molar-refractivity contribution in [3.8, 4) is 0 Å². The van der Waals surface area contributed by atoms with Gasteiger partial charge in [-0.1, -0.05) is 60.7 Å². The molecule has 1 fully saturated rings. The Morgan fingerprint density at radius 2 is 1.55 bits per heavy atom. The zero-order chi connectivity index (χ0) is 22.5. The fourth-order valence-corrected chi connectivity index (χ4v) is 4.92. The molecule has 0 unspecified atom stereocenters. The second-order valence-electron chi connectivity index (χ2n) is 7.96. The number of carbonyl (C=O) groups excluding carboxylic acids is 1. The molecule has 0 aliphatic carbocycles. The van der Waals surface area contributed by atoms with Crippen molar-refractivity contribution in [2.45, 2.75) is 6.04 Å². The molecule has 1 N–H and O–H groups in total. The first-order valence-electron chi connectivity index (χ1n) is 11.0. The third kappa shape index (κ3) is 4.94. The largest absolute Gasteiger partial charge is 0.335 e. The molecular weight excluding hydrogens is 430 g/mol. The standard InChI is InChI=1S/C26H25N5OS/c32-25(23-19-33-26(29-23)28-22-12-7-13-27-18-22)31-16-14-30(15-17-31)24(20-8-3-1-4-9-20)21-10-5-2-6-11-21/h1-13,18-19,24H,14-17H2,(H,28,29). The van der Waals surface area contributed by atoms with E-state index in [9.17, 15) is 4.79 Å². The van der Waals surface area contributed by atoms with Gasteiger partial charge in [0, 0.05) is 37.8 Å². The van der Waals surface area contributed by atoms with Crippen LogP contribution in [0.1, 0.15) is 27.7 Å². The molecule has 0 saturated carbocycles. The Kier molecular flexibility index (Phi) is 6.41. The highest BCUT2D eigenvalue weighted by Crippen LogP contribution is 2.30. The van der Waals surface area contributed by atoms with Crippen LogP contribution in [0.4, 0.5) is 10.8 Å². The van der Waals surface area contributed by atoms with Crippen molar-refractivity contribution in [1.29, 1.82) is 0 Å². The molecule has 7 heteroatoms. The minimum absolute atomic E-state index is 0.0129. The van der Waals surface area contributed by atoms with E-state index in [2.05, 4.69) is 68.7 Å². The zero-order valence-electron chi connectivity index (χ0n) is 18.2.